The molecule has 3 aromatic rings. The average Bonchev–Trinajstić information content (AvgIpc) is 3.28. The van der Waals surface area contributed by atoms with Crippen LogP contribution in [-0.4, -0.2) is 60.2 Å². The molecule has 0 bridgehead atoms. The molecule has 0 saturated carbocycles. The highest BCUT2D eigenvalue weighted by Gasteiger charge is 2.22. The van der Waals surface area contributed by atoms with Gasteiger partial charge < -0.3 is 15.0 Å². The molecule has 35 heavy (non-hydrogen) atoms. The van der Waals surface area contributed by atoms with Crippen molar-refractivity contribution >= 4 is 45.7 Å². The van der Waals surface area contributed by atoms with Gasteiger partial charge >= 0.3 is 5.97 Å². The second kappa shape index (κ2) is 12.6. The van der Waals surface area contributed by atoms with Crippen molar-refractivity contribution in [2.45, 2.75) is 13.3 Å². The maximum Gasteiger partial charge on any atom is 0.341 e. The SMILES string of the molecule is CCOC(=O)c1cc(Cc2ccccc2)sc1NC(=S)N1CCN(C/C=C/c2ccccc2)CC1. The van der Waals surface area contributed by atoms with Crippen LogP contribution in [0.2, 0.25) is 0 Å². The first kappa shape index (κ1) is 25.1. The number of ether oxygens (including phenoxy) is 1. The van der Waals surface area contributed by atoms with Gasteiger partial charge in [0.25, 0.3) is 0 Å². The summed E-state index contributed by atoms with van der Waals surface area (Å²) in [6, 6.07) is 22.5. The van der Waals surface area contributed by atoms with Gasteiger partial charge in [-0.05, 0) is 36.3 Å². The van der Waals surface area contributed by atoms with Crippen LogP contribution < -0.4 is 5.32 Å². The molecule has 5 nitrogen and oxygen atoms in total. The highest BCUT2D eigenvalue weighted by molar-refractivity contribution is 7.80. The number of hydrogen-bond acceptors (Lipinski definition) is 5. The summed E-state index contributed by atoms with van der Waals surface area (Å²) in [5, 5.41) is 4.76. The van der Waals surface area contributed by atoms with Crippen LogP contribution in [0.4, 0.5) is 5.00 Å². The van der Waals surface area contributed by atoms with Crippen molar-refractivity contribution in [3.05, 3.63) is 94.4 Å². The molecule has 0 aliphatic carbocycles. The van der Waals surface area contributed by atoms with Gasteiger partial charge in [0.05, 0.1) is 12.2 Å². The number of benzene rings is 2. The normalized spacial score (nSPS) is 14.3. The Kier molecular flexibility index (Phi) is 9.06. The summed E-state index contributed by atoms with van der Waals surface area (Å²) in [4.78, 5) is 18.3. The van der Waals surface area contributed by atoms with Gasteiger partial charge in [0.15, 0.2) is 5.11 Å². The number of anilines is 1. The standard InChI is InChI=1S/C28H31N3O2S2/c1-2-33-27(32)25-21-24(20-23-12-7-4-8-13-23)35-26(25)29-28(34)31-18-16-30(17-19-31)15-9-14-22-10-5-3-6-11-22/h3-14,21H,2,15-20H2,1H3,(H,29,34)/b14-9+. The van der Waals surface area contributed by atoms with Crippen LogP contribution >= 0.6 is 23.6 Å². The van der Waals surface area contributed by atoms with Crippen molar-refractivity contribution in [3.8, 4) is 0 Å². The minimum Gasteiger partial charge on any atom is -0.462 e. The summed E-state index contributed by atoms with van der Waals surface area (Å²) in [6.45, 7) is 6.66. The van der Waals surface area contributed by atoms with E-state index in [1.165, 1.54) is 11.1 Å². The third-order valence-electron chi connectivity index (χ3n) is 5.85. The lowest BCUT2D eigenvalue weighted by atomic mass is 10.1. The number of carbonyl (C=O) groups excluding carboxylic acids is 1. The minimum atomic E-state index is -0.316. The van der Waals surface area contributed by atoms with Crippen LogP contribution in [0.5, 0.6) is 0 Å². The lowest BCUT2D eigenvalue weighted by Gasteiger charge is -2.35. The molecule has 0 amide bonds. The van der Waals surface area contributed by atoms with Crippen LogP contribution in [0.3, 0.4) is 0 Å². The number of thiophene rings is 1. The fourth-order valence-electron chi connectivity index (χ4n) is 3.99. The lowest BCUT2D eigenvalue weighted by molar-refractivity contribution is 0.0528. The van der Waals surface area contributed by atoms with E-state index in [9.17, 15) is 4.79 Å². The molecule has 1 aliphatic rings. The minimum absolute atomic E-state index is 0.316. The van der Waals surface area contributed by atoms with Crippen LogP contribution in [0, 0.1) is 0 Å². The van der Waals surface area contributed by atoms with Gasteiger partial charge in [0.1, 0.15) is 5.00 Å². The molecule has 0 radical (unpaired) electrons. The number of piperazine rings is 1. The highest BCUT2D eigenvalue weighted by atomic mass is 32.1. The molecule has 1 N–H and O–H groups in total. The Morgan fingerprint density at radius 3 is 2.43 bits per heavy atom. The zero-order valence-electron chi connectivity index (χ0n) is 20.0. The Balaban J connectivity index is 1.34. The van der Waals surface area contributed by atoms with E-state index in [1.807, 2.05) is 37.3 Å². The Morgan fingerprint density at radius 2 is 1.74 bits per heavy atom. The Bertz CT molecular complexity index is 1140. The number of nitrogens with one attached hydrogen (secondary N) is 1. The van der Waals surface area contributed by atoms with Gasteiger partial charge in [0.2, 0.25) is 0 Å². The first-order chi connectivity index (χ1) is 17.1. The van der Waals surface area contributed by atoms with Crippen LogP contribution in [0.25, 0.3) is 6.08 Å². The largest absolute Gasteiger partial charge is 0.462 e. The van der Waals surface area contributed by atoms with E-state index in [-0.39, 0.29) is 5.97 Å². The molecule has 0 atom stereocenters. The number of thiocarbonyl (C=S) groups is 1. The lowest BCUT2D eigenvalue weighted by Crippen LogP contribution is -2.49. The molecule has 1 fully saturated rings. The zero-order valence-corrected chi connectivity index (χ0v) is 21.6. The first-order valence-corrected chi connectivity index (χ1v) is 13.2. The van der Waals surface area contributed by atoms with Crippen molar-refractivity contribution in [2.75, 3.05) is 44.6 Å². The molecule has 1 aromatic heterocycles. The highest BCUT2D eigenvalue weighted by Crippen LogP contribution is 2.31. The van der Waals surface area contributed by atoms with Crippen molar-refractivity contribution in [2.24, 2.45) is 0 Å². The van der Waals surface area contributed by atoms with Crippen molar-refractivity contribution in [1.29, 1.82) is 0 Å². The molecule has 182 valence electrons. The van der Waals surface area contributed by atoms with Gasteiger partial charge in [-0.15, -0.1) is 11.3 Å². The molecule has 2 heterocycles. The maximum absolute atomic E-state index is 12.6. The van der Waals surface area contributed by atoms with Crippen molar-refractivity contribution < 1.29 is 9.53 Å². The van der Waals surface area contributed by atoms with E-state index in [2.05, 4.69) is 63.7 Å². The Labute approximate surface area is 217 Å². The third-order valence-corrected chi connectivity index (χ3v) is 7.26. The Hall–Kier alpha value is -3.00. The predicted molar refractivity (Wildman–Crippen MR) is 149 cm³/mol. The van der Waals surface area contributed by atoms with Gasteiger partial charge in [-0.1, -0.05) is 72.8 Å². The van der Waals surface area contributed by atoms with E-state index < -0.39 is 0 Å². The summed E-state index contributed by atoms with van der Waals surface area (Å²) in [5.74, 6) is -0.316. The molecule has 7 heteroatoms. The fraction of sp³-hybridized carbons (Fsp3) is 0.286. The fourth-order valence-corrected chi connectivity index (χ4v) is 5.42. The maximum atomic E-state index is 12.6. The smallest absolute Gasteiger partial charge is 0.341 e. The van der Waals surface area contributed by atoms with E-state index in [0.717, 1.165) is 49.0 Å². The molecule has 2 aromatic carbocycles. The van der Waals surface area contributed by atoms with Crippen LogP contribution in [-0.2, 0) is 11.2 Å². The van der Waals surface area contributed by atoms with Gasteiger partial charge in [-0.2, -0.15) is 0 Å². The topological polar surface area (TPSA) is 44.8 Å². The zero-order chi connectivity index (χ0) is 24.5. The summed E-state index contributed by atoms with van der Waals surface area (Å²) >= 11 is 7.30. The number of nitrogens with zero attached hydrogens (tertiary/aromatic N) is 2. The predicted octanol–water partition coefficient (Wildman–Crippen LogP) is 5.54. The van der Waals surface area contributed by atoms with E-state index in [4.69, 9.17) is 17.0 Å². The third kappa shape index (κ3) is 7.24. The van der Waals surface area contributed by atoms with Gasteiger partial charge in [-0.25, -0.2) is 4.79 Å². The second-order valence-electron chi connectivity index (χ2n) is 8.37. The molecule has 1 saturated heterocycles. The van der Waals surface area contributed by atoms with Gasteiger partial charge in [0, 0.05) is 44.0 Å². The summed E-state index contributed by atoms with van der Waals surface area (Å²) < 4.78 is 5.30. The van der Waals surface area contributed by atoms with E-state index >= 15 is 0 Å². The number of esters is 1. The molecular formula is C28H31N3O2S2. The number of hydrogen-bond donors (Lipinski definition) is 1. The van der Waals surface area contributed by atoms with E-state index in [1.54, 1.807) is 11.3 Å². The molecule has 0 spiro atoms. The average molecular weight is 506 g/mol. The monoisotopic (exact) mass is 505 g/mol. The Morgan fingerprint density at radius 1 is 1.06 bits per heavy atom. The molecule has 1 aliphatic heterocycles. The second-order valence-corrected chi connectivity index (χ2v) is 9.89. The summed E-state index contributed by atoms with van der Waals surface area (Å²) in [6.07, 6.45) is 5.15. The first-order valence-electron chi connectivity index (χ1n) is 12.0. The molecular weight excluding hydrogens is 474 g/mol. The summed E-state index contributed by atoms with van der Waals surface area (Å²) in [5.41, 5.74) is 2.97. The number of carbonyl (C=O) groups is 1. The number of rotatable bonds is 8. The quantitative estimate of drug-likeness (QED) is 0.320. The van der Waals surface area contributed by atoms with E-state index in [0.29, 0.717) is 17.3 Å². The van der Waals surface area contributed by atoms with Crippen molar-refractivity contribution in [3.63, 3.8) is 0 Å². The molecule has 4 rings (SSSR count). The molecule has 0 unspecified atom stereocenters. The van der Waals surface area contributed by atoms with Gasteiger partial charge in [-0.3, -0.25) is 4.90 Å². The van der Waals surface area contributed by atoms with Crippen LogP contribution in [0.1, 0.15) is 33.3 Å². The van der Waals surface area contributed by atoms with Crippen LogP contribution in [0.15, 0.2) is 72.8 Å². The summed E-state index contributed by atoms with van der Waals surface area (Å²) in [7, 11) is 0. The van der Waals surface area contributed by atoms with Crippen molar-refractivity contribution in [1.82, 2.24) is 9.80 Å².